The molecule has 14 heteroatoms. The van der Waals surface area contributed by atoms with Crippen LogP contribution in [0.25, 0.3) is 0 Å². The molecule has 0 atom stereocenters. The maximum atomic E-state index is 10.9. The molecule has 0 unspecified atom stereocenters. The van der Waals surface area contributed by atoms with E-state index in [4.69, 9.17) is 0 Å². The van der Waals surface area contributed by atoms with Crippen molar-refractivity contribution in [2.45, 2.75) is 24.2 Å². The molecule has 2 rings (SSSR count). The molecule has 0 aromatic rings. The van der Waals surface area contributed by atoms with Crippen LogP contribution >= 0.6 is 21.6 Å². The van der Waals surface area contributed by atoms with Crippen LogP contribution in [0.4, 0.5) is 0 Å². The van der Waals surface area contributed by atoms with Gasteiger partial charge in [0, 0.05) is 9.81 Å². The minimum atomic E-state index is -2.38. The van der Waals surface area contributed by atoms with Gasteiger partial charge in [-0.25, -0.2) is 0 Å². The van der Waals surface area contributed by atoms with Crippen molar-refractivity contribution < 1.29 is 19.7 Å². The first-order chi connectivity index (χ1) is 12.1. The molecule has 0 saturated heterocycles. The van der Waals surface area contributed by atoms with Gasteiger partial charge in [-0.15, -0.1) is 0 Å². The largest absolute Gasteiger partial charge is 0.481 e. The second-order valence-corrected chi connectivity index (χ2v) is 7.52. The molecule has 2 aliphatic carbocycles. The standard InChI is InChI=1S/C12H10N4O8S2/c17-13(18)11(14(19)20)5-1-9(2-6-11)25-26-10-3-7-12(8-4-10,15(21)22)16(23)24/h1-5,7H,6,8H2. The molecule has 0 radical (unpaired) electrons. The summed E-state index contributed by atoms with van der Waals surface area (Å²) in [5.74, 6) is 0. The van der Waals surface area contributed by atoms with Crippen molar-refractivity contribution in [3.05, 3.63) is 86.7 Å². The van der Waals surface area contributed by atoms with E-state index in [2.05, 4.69) is 0 Å². The van der Waals surface area contributed by atoms with Crippen molar-refractivity contribution in [3.63, 3.8) is 0 Å². The number of hydrogen-bond donors (Lipinski definition) is 0. The lowest BCUT2D eigenvalue weighted by Gasteiger charge is -2.17. The van der Waals surface area contributed by atoms with Crippen molar-refractivity contribution in [2.75, 3.05) is 0 Å². The van der Waals surface area contributed by atoms with Gasteiger partial charge in [-0.1, -0.05) is 33.7 Å². The Morgan fingerprint density at radius 1 is 0.692 bits per heavy atom. The molecule has 0 spiro atoms. The topological polar surface area (TPSA) is 173 Å². The number of nitro groups is 4. The van der Waals surface area contributed by atoms with Gasteiger partial charge in [0.15, 0.2) is 0 Å². The van der Waals surface area contributed by atoms with Crippen LogP contribution in [-0.2, 0) is 0 Å². The Morgan fingerprint density at radius 2 is 1.00 bits per heavy atom. The van der Waals surface area contributed by atoms with Gasteiger partial charge in [-0.05, 0) is 12.2 Å². The predicted octanol–water partition coefficient (Wildman–Crippen LogP) is 2.55. The van der Waals surface area contributed by atoms with Crippen LogP contribution in [0.3, 0.4) is 0 Å². The molecular formula is C12H10N4O8S2. The average Bonchev–Trinajstić information content (AvgIpc) is 2.60. The molecule has 0 aromatic heterocycles. The van der Waals surface area contributed by atoms with Gasteiger partial charge in [0.2, 0.25) is 0 Å². The van der Waals surface area contributed by atoms with Crippen molar-refractivity contribution >= 4 is 21.6 Å². The Labute approximate surface area is 152 Å². The summed E-state index contributed by atoms with van der Waals surface area (Å²) in [6.45, 7) is 0. The third-order valence-corrected chi connectivity index (χ3v) is 6.21. The second-order valence-electron chi connectivity index (χ2n) is 5.24. The second kappa shape index (κ2) is 7.25. The molecule has 26 heavy (non-hydrogen) atoms. The minimum absolute atomic E-state index is 0.410. The molecule has 0 amide bonds. The van der Waals surface area contributed by atoms with Crippen LogP contribution < -0.4 is 0 Å². The van der Waals surface area contributed by atoms with E-state index in [1.54, 1.807) is 0 Å². The van der Waals surface area contributed by atoms with Crippen LogP contribution in [0.15, 0.2) is 46.3 Å². The highest BCUT2D eigenvalue weighted by Gasteiger charge is 2.54. The first-order valence-electron chi connectivity index (χ1n) is 6.85. The lowest BCUT2D eigenvalue weighted by molar-refractivity contribution is -0.780. The van der Waals surface area contributed by atoms with Gasteiger partial charge in [0.05, 0.1) is 12.2 Å². The van der Waals surface area contributed by atoms with Crippen LogP contribution in [0.2, 0.25) is 0 Å². The zero-order valence-electron chi connectivity index (χ0n) is 12.7. The summed E-state index contributed by atoms with van der Waals surface area (Å²) >= 11 is 0. The normalized spacial score (nSPS) is 20.0. The van der Waals surface area contributed by atoms with E-state index in [0.29, 0.717) is 9.81 Å². The molecule has 0 aromatic carbocycles. The van der Waals surface area contributed by atoms with Crippen LogP contribution in [0, 0.1) is 40.5 Å². The van der Waals surface area contributed by atoms with E-state index in [9.17, 15) is 40.5 Å². The zero-order chi connectivity index (χ0) is 19.5. The molecular weight excluding hydrogens is 392 g/mol. The van der Waals surface area contributed by atoms with Crippen molar-refractivity contribution in [1.82, 2.24) is 0 Å². The van der Waals surface area contributed by atoms with Gasteiger partial charge in [-0.2, -0.15) is 0 Å². The molecule has 12 nitrogen and oxygen atoms in total. The van der Waals surface area contributed by atoms with Crippen molar-refractivity contribution in [1.29, 1.82) is 0 Å². The van der Waals surface area contributed by atoms with E-state index < -0.39 is 43.9 Å². The van der Waals surface area contributed by atoms with Gasteiger partial charge in [0.25, 0.3) is 0 Å². The number of hydrogen-bond acceptors (Lipinski definition) is 10. The fourth-order valence-corrected chi connectivity index (χ4v) is 4.16. The Kier molecular flexibility index (Phi) is 5.46. The van der Waals surface area contributed by atoms with Gasteiger partial charge < -0.3 is 0 Å². The number of rotatable bonds is 7. The summed E-state index contributed by atoms with van der Waals surface area (Å²) in [5, 5.41) is 43.8. The Bertz CT molecular complexity index is 709. The molecule has 0 saturated carbocycles. The smallest absolute Gasteiger partial charge is 0.258 e. The molecule has 0 bridgehead atoms. The highest BCUT2D eigenvalue weighted by atomic mass is 33.1. The van der Waals surface area contributed by atoms with Crippen LogP contribution in [0.1, 0.15) is 12.8 Å². The summed E-state index contributed by atoms with van der Waals surface area (Å²) in [7, 11) is 2.26. The lowest BCUT2D eigenvalue weighted by atomic mass is 10.0. The van der Waals surface area contributed by atoms with E-state index in [1.165, 1.54) is 24.3 Å². The maximum Gasteiger partial charge on any atom is 0.481 e. The molecule has 2 aliphatic rings. The molecule has 0 fully saturated rings. The molecule has 0 aliphatic heterocycles. The summed E-state index contributed by atoms with van der Waals surface area (Å²) in [6, 6.07) is 0. The molecule has 0 N–H and O–H groups in total. The summed E-state index contributed by atoms with van der Waals surface area (Å²) < 4.78 is 0. The van der Waals surface area contributed by atoms with Crippen LogP contribution in [-0.4, -0.2) is 31.0 Å². The molecule has 0 heterocycles. The van der Waals surface area contributed by atoms with Gasteiger partial charge in [-0.3, -0.25) is 40.5 Å². The Hall–Kier alpha value is -2.74. The predicted molar refractivity (Wildman–Crippen MR) is 92.3 cm³/mol. The average molecular weight is 402 g/mol. The summed E-state index contributed by atoms with van der Waals surface area (Å²) in [6.07, 6.45) is 6.23. The third kappa shape index (κ3) is 3.45. The zero-order valence-corrected chi connectivity index (χ0v) is 14.4. The first-order valence-corrected chi connectivity index (χ1v) is 9.00. The van der Waals surface area contributed by atoms with Crippen molar-refractivity contribution in [2.24, 2.45) is 0 Å². The fraction of sp³-hybridized carbons (Fsp3) is 0.333. The Morgan fingerprint density at radius 3 is 1.19 bits per heavy atom. The van der Waals surface area contributed by atoms with Gasteiger partial charge >= 0.3 is 11.3 Å². The lowest BCUT2D eigenvalue weighted by Crippen LogP contribution is -2.44. The SMILES string of the molecule is O=[N+]([O-])C1([N+](=O)[O-])C=CC(SSC2=CCC([N+](=O)[O-])([N+](=O)[O-])C=C2)=CC1. The summed E-state index contributed by atoms with van der Waals surface area (Å²) in [4.78, 5) is 41.0. The van der Waals surface area contributed by atoms with E-state index in [1.807, 2.05) is 0 Å². The highest BCUT2D eigenvalue weighted by Crippen LogP contribution is 2.42. The first kappa shape index (κ1) is 19.6. The summed E-state index contributed by atoms with van der Waals surface area (Å²) in [5.41, 5.74) is -4.76. The van der Waals surface area contributed by atoms with E-state index in [-0.39, 0.29) is 0 Å². The monoisotopic (exact) mass is 402 g/mol. The quantitative estimate of drug-likeness (QED) is 0.266. The van der Waals surface area contributed by atoms with E-state index in [0.717, 1.165) is 33.7 Å². The number of nitrogens with zero attached hydrogens (tertiary/aromatic N) is 4. The minimum Gasteiger partial charge on any atom is -0.258 e. The van der Waals surface area contributed by atoms with E-state index >= 15 is 0 Å². The maximum absolute atomic E-state index is 10.9. The van der Waals surface area contributed by atoms with Crippen LogP contribution in [0.5, 0.6) is 0 Å². The molecule has 138 valence electrons. The van der Waals surface area contributed by atoms with Gasteiger partial charge in [0.1, 0.15) is 32.5 Å². The Balaban J connectivity index is 2.00. The highest BCUT2D eigenvalue weighted by molar-refractivity contribution is 8.79. The third-order valence-electron chi connectivity index (χ3n) is 3.74. The number of allylic oxidation sites excluding steroid dienone is 2. The van der Waals surface area contributed by atoms with Crippen molar-refractivity contribution in [3.8, 4) is 0 Å². The fourth-order valence-electron chi connectivity index (χ4n) is 2.10.